The normalized spacial score (nSPS) is 15.0. The van der Waals surface area contributed by atoms with E-state index in [1.54, 1.807) is 0 Å². The van der Waals surface area contributed by atoms with E-state index in [9.17, 15) is 0 Å². The average molecular weight is 707 g/mol. The summed E-state index contributed by atoms with van der Waals surface area (Å²) in [5.74, 6) is 0. The van der Waals surface area contributed by atoms with Crippen LogP contribution in [0.5, 0.6) is 0 Å². The molecule has 0 bridgehead atoms. The molecule has 3 aliphatic carbocycles. The van der Waals surface area contributed by atoms with E-state index < -0.39 is 10.8 Å². The Morgan fingerprint density at radius 3 is 1.27 bits per heavy atom. The molecule has 0 fully saturated rings. The Morgan fingerprint density at radius 1 is 0.286 bits per heavy atom. The topological polar surface area (TPSA) is 0 Å². The maximum Gasteiger partial charge on any atom is 0.0720 e. The minimum absolute atomic E-state index is 0.467. The maximum absolute atomic E-state index is 2.53. The summed E-state index contributed by atoms with van der Waals surface area (Å²) in [6.07, 6.45) is 4.68. The molecule has 258 valence electrons. The SMILES string of the molecule is C(=C\c1ccc2ccc3cccc4ccc1c2c34)/c1ccc2c(c1)C1(c3ccccc3-c3ccccc31)c1ccccc1C21c2ccccc2-c2ccccc21. The van der Waals surface area contributed by atoms with Crippen molar-refractivity contribution in [3.63, 3.8) is 0 Å². The zero-order valence-electron chi connectivity index (χ0n) is 30.6. The van der Waals surface area contributed by atoms with Gasteiger partial charge in [-0.2, -0.15) is 0 Å². The standard InChI is InChI=1S/C56H34/c1-5-18-45-41(14-1)42-15-2-6-19-46(42)55(45)49-22-9-10-23-50(49)56(47-20-7-3-16-43(47)44-17-4-8-21-48(44)56)52-34-35(25-33-51(52)55)24-26-36-27-28-39-30-29-37-12-11-13-38-31-32-40(36)54(39)53(37)38/h1-34H/b26-24+. The molecule has 0 aliphatic heterocycles. The summed E-state index contributed by atoms with van der Waals surface area (Å²) in [5.41, 5.74) is 17.7. The van der Waals surface area contributed by atoms with Crippen molar-refractivity contribution in [2.45, 2.75) is 10.8 Å². The third-order valence-corrected chi connectivity index (χ3v) is 13.5. The van der Waals surface area contributed by atoms with Crippen LogP contribution in [-0.2, 0) is 10.8 Å². The van der Waals surface area contributed by atoms with Crippen LogP contribution in [0.3, 0.4) is 0 Å². The third-order valence-electron chi connectivity index (χ3n) is 13.5. The van der Waals surface area contributed by atoms with Gasteiger partial charge in [0.25, 0.3) is 0 Å². The highest BCUT2D eigenvalue weighted by Crippen LogP contribution is 2.67. The fourth-order valence-corrected chi connectivity index (χ4v) is 11.5. The Hall–Kier alpha value is -7.02. The molecule has 0 heterocycles. The first-order chi connectivity index (χ1) is 27.8. The predicted molar refractivity (Wildman–Crippen MR) is 234 cm³/mol. The van der Waals surface area contributed by atoms with Crippen LogP contribution in [0.15, 0.2) is 194 Å². The van der Waals surface area contributed by atoms with E-state index in [1.807, 2.05) is 0 Å². The van der Waals surface area contributed by atoms with Crippen molar-refractivity contribution < 1.29 is 0 Å². The molecule has 0 unspecified atom stereocenters. The molecule has 0 heteroatoms. The molecule has 0 aromatic heterocycles. The van der Waals surface area contributed by atoms with Crippen LogP contribution in [0, 0.1) is 0 Å². The van der Waals surface area contributed by atoms with E-state index in [4.69, 9.17) is 0 Å². The van der Waals surface area contributed by atoms with Gasteiger partial charge in [0.05, 0.1) is 10.8 Å². The van der Waals surface area contributed by atoms with Crippen LogP contribution in [0.25, 0.3) is 66.7 Å². The smallest absolute Gasteiger partial charge is 0.0619 e. The van der Waals surface area contributed by atoms with Crippen molar-refractivity contribution in [1.82, 2.24) is 0 Å². The lowest BCUT2D eigenvalue weighted by molar-refractivity contribution is 0.632. The fraction of sp³-hybridized carbons (Fsp3) is 0.0357. The van der Waals surface area contributed by atoms with Crippen LogP contribution >= 0.6 is 0 Å². The lowest BCUT2D eigenvalue weighted by Crippen LogP contribution is -2.43. The molecule has 0 atom stereocenters. The zero-order chi connectivity index (χ0) is 36.6. The number of benzene rings is 10. The fourth-order valence-electron chi connectivity index (χ4n) is 11.5. The molecule has 2 spiro atoms. The predicted octanol–water partition coefficient (Wildman–Crippen LogP) is 13.8. The van der Waals surface area contributed by atoms with Crippen LogP contribution in [-0.4, -0.2) is 0 Å². The van der Waals surface area contributed by atoms with Gasteiger partial charge < -0.3 is 0 Å². The van der Waals surface area contributed by atoms with Crippen LogP contribution in [0.4, 0.5) is 0 Å². The Labute approximate surface area is 326 Å². The Bertz CT molecular complexity index is 3210. The van der Waals surface area contributed by atoms with Crippen molar-refractivity contribution in [3.8, 4) is 22.3 Å². The second-order valence-electron chi connectivity index (χ2n) is 15.9. The molecule has 0 N–H and O–H groups in total. The van der Waals surface area contributed by atoms with Gasteiger partial charge in [0.2, 0.25) is 0 Å². The van der Waals surface area contributed by atoms with E-state index >= 15 is 0 Å². The molecular weight excluding hydrogens is 673 g/mol. The summed E-state index contributed by atoms with van der Waals surface area (Å²) in [7, 11) is 0. The molecule has 0 radical (unpaired) electrons. The van der Waals surface area contributed by atoms with Gasteiger partial charge in [-0.05, 0) is 116 Å². The van der Waals surface area contributed by atoms with Gasteiger partial charge in [-0.1, -0.05) is 200 Å². The van der Waals surface area contributed by atoms with E-state index in [-0.39, 0.29) is 0 Å². The minimum atomic E-state index is -0.492. The summed E-state index contributed by atoms with van der Waals surface area (Å²) >= 11 is 0. The summed E-state index contributed by atoms with van der Waals surface area (Å²) in [6, 6.07) is 73.6. The molecule has 10 aromatic carbocycles. The van der Waals surface area contributed by atoms with Crippen LogP contribution in [0.2, 0.25) is 0 Å². The molecular formula is C56H34. The number of hydrogen-bond donors (Lipinski definition) is 0. The lowest BCUT2D eigenvalue weighted by Gasteiger charge is -2.49. The first kappa shape index (κ1) is 30.3. The molecule has 13 rings (SSSR count). The van der Waals surface area contributed by atoms with Gasteiger partial charge in [0, 0.05) is 0 Å². The first-order valence-electron chi connectivity index (χ1n) is 19.8. The summed E-state index contributed by atoms with van der Waals surface area (Å²) in [4.78, 5) is 0. The number of rotatable bonds is 2. The summed E-state index contributed by atoms with van der Waals surface area (Å²) in [6.45, 7) is 0. The molecule has 0 amide bonds. The highest BCUT2D eigenvalue weighted by atomic mass is 14.6. The van der Waals surface area contributed by atoms with Crippen molar-refractivity contribution in [3.05, 3.63) is 250 Å². The van der Waals surface area contributed by atoms with Gasteiger partial charge in [-0.15, -0.1) is 0 Å². The van der Waals surface area contributed by atoms with E-state index in [2.05, 4.69) is 206 Å². The van der Waals surface area contributed by atoms with Crippen LogP contribution in [0.1, 0.15) is 55.6 Å². The second-order valence-corrected chi connectivity index (χ2v) is 15.9. The lowest BCUT2D eigenvalue weighted by atomic mass is 9.52. The molecule has 0 saturated carbocycles. The van der Waals surface area contributed by atoms with E-state index in [0.717, 1.165) is 0 Å². The first-order valence-corrected chi connectivity index (χ1v) is 19.8. The number of fused-ring (bicyclic) bond motifs is 16. The molecule has 0 nitrogen and oxygen atoms in total. The quantitative estimate of drug-likeness (QED) is 0.124. The van der Waals surface area contributed by atoms with Gasteiger partial charge in [0.15, 0.2) is 0 Å². The second kappa shape index (κ2) is 10.8. The summed E-state index contributed by atoms with van der Waals surface area (Å²) < 4.78 is 0. The molecule has 0 saturated heterocycles. The molecule has 56 heavy (non-hydrogen) atoms. The van der Waals surface area contributed by atoms with Crippen molar-refractivity contribution >= 4 is 44.5 Å². The van der Waals surface area contributed by atoms with E-state index in [0.29, 0.717) is 0 Å². The molecule has 3 aliphatic rings. The Morgan fingerprint density at radius 2 is 0.714 bits per heavy atom. The monoisotopic (exact) mass is 706 g/mol. The maximum atomic E-state index is 2.53. The van der Waals surface area contributed by atoms with E-state index in [1.165, 1.54) is 110 Å². The Kier molecular flexibility index (Phi) is 5.85. The number of hydrogen-bond acceptors (Lipinski definition) is 0. The van der Waals surface area contributed by atoms with Crippen molar-refractivity contribution in [2.24, 2.45) is 0 Å². The molecule has 10 aromatic rings. The van der Waals surface area contributed by atoms with Gasteiger partial charge in [-0.3, -0.25) is 0 Å². The van der Waals surface area contributed by atoms with Crippen molar-refractivity contribution in [2.75, 3.05) is 0 Å². The van der Waals surface area contributed by atoms with Crippen LogP contribution < -0.4 is 0 Å². The van der Waals surface area contributed by atoms with Gasteiger partial charge in [0.1, 0.15) is 0 Å². The third kappa shape index (κ3) is 3.56. The highest BCUT2D eigenvalue weighted by Gasteiger charge is 2.58. The van der Waals surface area contributed by atoms with Gasteiger partial charge in [-0.25, -0.2) is 0 Å². The Balaban J connectivity index is 1.12. The van der Waals surface area contributed by atoms with Gasteiger partial charge >= 0.3 is 0 Å². The largest absolute Gasteiger partial charge is 0.0720 e. The zero-order valence-corrected chi connectivity index (χ0v) is 30.6. The van der Waals surface area contributed by atoms with Crippen molar-refractivity contribution in [1.29, 1.82) is 0 Å². The minimum Gasteiger partial charge on any atom is -0.0619 e. The highest BCUT2D eigenvalue weighted by molar-refractivity contribution is 6.24. The summed E-state index contributed by atoms with van der Waals surface area (Å²) in [5, 5.41) is 7.88. The average Bonchev–Trinajstić information content (AvgIpc) is 3.73.